The normalized spacial score (nSPS) is 33.3. The van der Waals surface area contributed by atoms with Gasteiger partial charge in [0.05, 0.1) is 6.07 Å². The highest BCUT2D eigenvalue weighted by Crippen LogP contribution is 2.33. The van der Waals surface area contributed by atoms with Crippen LogP contribution in [0.3, 0.4) is 0 Å². The highest BCUT2D eigenvalue weighted by atomic mass is 15.2. The van der Waals surface area contributed by atoms with E-state index in [4.69, 9.17) is 5.26 Å². The van der Waals surface area contributed by atoms with E-state index in [0.717, 1.165) is 18.4 Å². The molecule has 1 saturated heterocycles. The number of nitriles is 1. The molecule has 0 aromatic rings. The Kier molecular flexibility index (Phi) is 3.64. The van der Waals surface area contributed by atoms with Crippen LogP contribution in [-0.4, -0.2) is 24.0 Å². The van der Waals surface area contributed by atoms with E-state index in [0.29, 0.717) is 5.92 Å². The maximum absolute atomic E-state index is 8.66. The van der Waals surface area contributed by atoms with Gasteiger partial charge in [-0.3, -0.25) is 4.90 Å². The van der Waals surface area contributed by atoms with E-state index in [-0.39, 0.29) is 0 Å². The Bertz CT molecular complexity index is 229. The average Bonchev–Trinajstić information content (AvgIpc) is 2.19. The molecule has 0 radical (unpaired) electrons. The van der Waals surface area contributed by atoms with Crippen LogP contribution in [0.4, 0.5) is 0 Å². The monoisotopic (exact) mass is 206 g/mol. The SMILES string of the molecule is CCC1CN(C2CCC(CC#N)CC2)C1. The minimum Gasteiger partial charge on any atom is -0.300 e. The summed E-state index contributed by atoms with van der Waals surface area (Å²) in [5.74, 6) is 1.68. The van der Waals surface area contributed by atoms with E-state index in [1.165, 1.54) is 45.2 Å². The third-order valence-electron chi connectivity index (χ3n) is 4.28. The molecule has 1 aliphatic carbocycles. The molecule has 0 amide bonds. The van der Waals surface area contributed by atoms with Crippen molar-refractivity contribution in [2.45, 2.75) is 51.5 Å². The Balaban J connectivity index is 1.69. The van der Waals surface area contributed by atoms with Gasteiger partial charge in [0, 0.05) is 25.6 Å². The predicted octanol–water partition coefficient (Wildman–Crippen LogP) is 2.80. The van der Waals surface area contributed by atoms with Crippen molar-refractivity contribution in [3.05, 3.63) is 0 Å². The lowest BCUT2D eigenvalue weighted by Crippen LogP contribution is -2.52. The fourth-order valence-electron chi connectivity index (χ4n) is 3.01. The Hall–Kier alpha value is -0.550. The standard InChI is InChI=1S/C13H22N2/c1-2-11-9-15(10-11)13-5-3-12(4-6-13)7-8-14/h11-13H,2-7,9-10H2,1H3. The lowest BCUT2D eigenvalue weighted by molar-refractivity contribution is 0.0266. The van der Waals surface area contributed by atoms with Crippen LogP contribution in [-0.2, 0) is 0 Å². The zero-order valence-electron chi connectivity index (χ0n) is 9.78. The number of likely N-dealkylation sites (tertiary alicyclic amines) is 1. The molecule has 1 aliphatic heterocycles. The Morgan fingerprint density at radius 2 is 1.80 bits per heavy atom. The summed E-state index contributed by atoms with van der Waals surface area (Å²) < 4.78 is 0. The van der Waals surface area contributed by atoms with E-state index in [1.807, 2.05) is 0 Å². The second kappa shape index (κ2) is 4.99. The Morgan fingerprint density at radius 3 is 2.33 bits per heavy atom. The number of nitrogens with zero attached hydrogens (tertiary/aromatic N) is 2. The zero-order chi connectivity index (χ0) is 10.7. The van der Waals surface area contributed by atoms with E-state index >= 15 is 0 Å². The predicted molar refractivity (Wildman–Crippen MR) is 61.3 cm³/mol. The van der Waals surface area contributed by atoms with Crippen molar-refractivity contribution in [1.82, 2.24) is 4.90 Å². The van der Waals surface area contributed by atoms with Gasteiger partial charge in [-0.1, -0.05) is 13.3 Å². The largest absolute Gasteiger partial charge is 0.300 e. The van der Waals surface area contributed by atoms with Gasteiger partial charge in [0.1, 0.15) is 0 Å². The summed E-state index contributed by atoms with van der Waals surface area (Å²) >= 11 is 0. The number of hydrogen-bond donors (Lipinski definition) is 0. The summed E-state index contributed by atoms with van der Waals surface area (Å²) in [6.07, 6.45) is 7.37. The third-order valence-corrected chi connectivity index (χ3v) is 4.28. The number of hydrogen-bond acceptors (Lipinski definition) is 2. The first kappa shape index (κ1) is 11.0. The molecule has 0 aromatic heterocycles. The maximum Gasteiger partial charge on any atom is 0.0624 e. The minimum atomic E-state index is 0.703. The van der Waals surface area contributed by atoms with Crippen LogP contribution < -0.4 is 0 Å². The molecule has 2 heteroatoms. The topological polar surface area (TPSA) is 27.0 Å². The van der Waals surface area contributed by atoms with Crippen LogP contribution >= 0.6 is 0 Å². The molecule has 2 nitrogen and oxygen atoms in total. The molecule has 1 heterocycles. The summed E-state index contributed by atoms with van der Waals surface area (Å²) in [7, 11) is 0. The van der Waals surface area contributed by atoms with Crippen molar-refractivity contribution in [2.24, 2.45) is 11.8 Å². The molecule has 2 fully saturated rings. The molecule has 0 unspecified atom stereocenters. The summed E-state index contributed by atoms with van der Waals surface area (Å²) in [5, 5.41) is 8.66. The molecule has 2 rings (SSSR count). The molecule has 0 spiro atoms. The van der Waals surface area contributed by atoms with Gasteiger partial charge in [0.2, 0.25) is 0 Å². The molecule has 0 N–H and O–H groups in total. The van der Waals surface area contributed by atoms with E-state index in [9.17, 15) is 0 Å². The van der Waals surface area contributed by atoms with Gasteiger partial charge in [-0.05, 0) is 37.5 Å². The second-order valence-electron chi connectivity index (χ2n) is 5.26. The quantitative estimate of drug-likeness (QED) is 0.710. The van der Waals surface area contributed by atoms with Crippen LogP contribution in [0.25, 0.3) is 0 Å². The molecule has 0 atom stereocenters. The van der Waals surface area contributed by atoms with Crippen LogP contribution in [0.15, 0.2) is 0 Å². The van der Waals surface area contributed by atoms with Gasteiger partial charge in [0.15, 0.2) is 0 Å². The minimum absolute atomic E-state index is 0.703. The molecular formula is C13H22N2. The van der Waals surface area contributed by atoms with Gasteiger partial charge in [-0.25, -0.2) is 0 Å². The molecule has 84 valence electrons. The summed E-state index contributed by atoms with van der Waals surface area (Å²) in [4.78, 5) is 2.66. The highest BCUT2D eigenvalue weighted by molar-refractivity contribution is 4.89. The maximum atomic E-state index is 8.66. The lowest BCUT2D eigenvalue weighted by Gasteiger charge is -2.46. The van der Waals surface area contributed by atoms with Gasteiger partial charge in [0.25, 0.3) is 0 Å². The average molecular weight is 206 g/mol. The summed E-state index contributed by atoms with van der Waals surface area (Å²) in [6, 6.07) is 3.16. The Labute approximate surface area is 93.3 Å². The molecular weight excluding hydrogens is 184 g/mol. The first-order chi connectivity index (χ1) is 7.33. The smallest absolute Gasteiger partial charge is 0.0624 e. The molecule has 0 aromatic carbocycles. The summed E-state index contributed by atoms with van der Waals surface area (Å²) in [5.41, 5.74) is 0. The first-order valence-electron chi connectivity index (χ1n) is 6.44. The zero-order valence-corrected chi connectivity index (χ0v) is 9.78. The second-order valence-corrected chi connectivity index (χ2v) is 5.26. The fraction of sp³-hybridized carbons (Fsp3) is 0.923. The van der Waals surface area contributed by atoms with Gasteiger partial charge < -0.3 is 0 Å². The number of rotatable bonds is 3. The molecule has 1 saturated carbocycles. The van der Waals surface area contributed by atoms with Gasteiger partial charge in [-0.15, -0.1) is 0 Å². The first-order valence-corrected chi connectivity index (χ1v) is 6.44. The Morgan fingerprint density at radius 1 is 1.13 bits per heavy atom. The van der Waals surface area contributed by atoms with Crippen LogP contribution in [0.2, 0.25) is 0 Å². The van der Waals surface area contributed by atoms with E-state index in [2.05, 4.69) is 17.9 Å². The van der Waals surface area contributed by atoms with Gasteiger partial charge >= 0.3 is 0 Å². The van der Waals surface area contributed by atoms with Crippen molar-refractivity contribution in [3.63, 3.8) is 0 Å². The van der Waals surface area contributed by atoms with Crippen molar-refractivity contribution in [3.8, 4) is 6.07 Å². The van der Waals surface area contributed by atoms with Crippen LogP contribution in [0.5, 0.6) is 0 Å². The van der Waals surface area contributed by atoms with Crippen LogP contribution in [0, 0.1) is 23.2 Å². The van der Waals surface area contributed by atoms with Crippen molar-refractivity contribution >= 4 is 0 Å². The molecule has 15 heavy (non-hydrogen) atoms. The van der Waals surface area contributed by atoms with Crippen molar-refractivity contribution < 1.29 is 0 Å². The highest BCUT2D eigenvalue weighted by Gasteiger charge is 2.33. The molecule has 2 aliphatic rings. The lowest BCUT2D eigenvalue weighted by atomic mass is 9.81. The van der Waals surface area contributed by atoms with Crippen molar-refractivity contribution in [1.29, 1.82) is 5.26 Å². The molecule has 0 bridgehead atoms. The van der Waals surface area contributed by atoms with Crippen molar-refractivity contribution in [2.75, 3.05) is 13.1 Å². The third kappa shape index (κ3) is 2.52. The van der Waals surface area contributed by atoms with E-state index in [1.54, 1.807) is 0 Å². The van der Waals surface area contributed by atoms with Crippen LogP contribution in [0.1, 0.15) is 45.4 Å². The van der Waals surface area contributed by atoms with E-state index < -0.39 is 0 Å². The fourth-order valence-corrected chi connectivity index (χ4v) is 3.01. The summed E-state index contributed by atoms with van der Waals surface area (Å²) in [6.45, 7) is 4.97. The van der Waals surface area contributed by atoms with Gasteiger partial charge in [-0.2, -0.15) is 5.26 Å².